The molecule has 1 saturated heterocycles. The van der Waals surface area contributed by atoms with Gasteiger partial charge in [0.2, 0.25) is 0 Å². The number of piperazine rings is 1. The summed E-state index contributed by atoms with van der Waals surface area (Å²) in [4.78, 5) is 4.97. The van der Waals surface area contributed by atoms with E-state index in [0.29, 0.717) is 6.04 Å². The fraction of sp³-hybridized carbons (Fsp3) is 1.00. The molecule has 0 amide bonds. The molecule has 13 heavy (non-hydrogen) atoms. The third-order valence-corrected chi connectivity index (χ3v) is 3.24. The van der Waals surface area contributed by atoms with Crippen molar-refractivity contribution >= 4 is 0 Å². The highest BCUT2D eigenvalue weighted by atomic mass is 15.3. The Morgan fingerprint density at radius 3 is 2.69 bits per heavy atom. The molecule has 0 spiro atoms. The molecule has 1 fully saturated rings. The molecule has 0 saturated carbocycles. The number of hydrogen-bond donors (Lipinski definition) is 1. The highest BCUT2D eigenvalue weighted by Gasteiger charge is 2.24. The second-order valence-electron chi connectivity index (χ2n) is 4.12. The van der Waals surface area contributed by atoms with Crippen molar-refractivity contribution in [3.05, 3.63) is 0 Å². The maximum absolute atomic E-state index is 5.67. The van der Waals surface area contributed by atoms with Crippen LogP contribution in [0, 0.1) is 0 Å². The summed E-state index contributed by atoms with van der Waals surface area (Å²) in [5, 5.41) is 0. The summed E-state index contributed by atoms with van der Waals surface area (Å²) in [5.41, 5.74) is 5.67. The van der Waals surface area contributed by atoms with Crippen molar-refractivity contribution in [2.24, 2.45) is 5.73 Å². The normalized spacial score (nSPS) is 29.1. The van der Waals surface area contributed by atoms with Crippen LogP contribution < -0.4 is 5.73 Å². The fourth-order valence-corrected chi connectivity index (χ4v) is 1.96. The monoisotopic (exact) mass is 185 g/mol. The Morgan fingerprint density at radius 1 is 1.46 bits per heavy atom. The van der Waals surface area contributed by atoms with Gasteiger partial charge in [0.05, 0.1) is 0 Å². The summed E-state index contributed by atoms with van der Waals surface area (Å²) in [5.74, 6) is 0. The van der Waals surface area contributed by atoms with Crippen molar-refractivity contribution in [3.8, 4) is 0 Å². The van der Waals surface area contributed by atoms with Gasteiger partial charge in [-0.25, -0.2) is 0 Å². The Balaban J connectivity index is 2.44. The minimum absolute atomic E-state index is 0.544. The molecule has 3 nitrogen and oxygen atoms in total. The zero-order chi connectivity index (χ0) is 9.84. The van der Waals surface area contributed by atoms with E-state index in [-0.39, 0.29) is 0 Å². The first-order valence-electron chi connectivity index (χ1n) is 5.33. The molecule has 0 aliphatic carbocycles. The molecule has 0 radical (unpaired) electrons. The number of rotatable bonds is 3. The van der Waals surface area contributed by atoms with Crippen molar-refractivity contribution < 1.29 is 0 Å². The third kappa shape index (κ3) is 2.66. The summed E-state index contributed by atoms with van der Waals surface area (Å²) in [6.45, 7) is 8.80. The molecule has 0 aromatic heterocycles. The zero-order valence-corrected chi connectivity index (χ0v) is 9.16. The van der Waals surface area contributed by atoms with Gasteiger partial charge in [0.15, 0.2) is 0 Å². The van der Waals surface area contributed by atoms with Crippen molar-refractivity contribution in [2.75, 3.05) is 33.2 Å². The van der Waals surface area contributed by atoms with Crippen LogP contribution >= 0.6 is 0 Å². The van der Waals surface area contributed by atoms with E-state index in [1.165, 1.54) is 26.1 Å². The lowest BCUT2D eigenvalue weighted by Crippen LogP contribution is -2.55. The Kier molecular flexibility index (Phi) is 4.16. The lowest BCUT2D eigenvalue weighted by molar-refractivity contribution is 0.0700. The lowest BCUT2D eigenvalue weighted by Gasteiger charge is -2.41. The minimum atomic E-state index is 0.544. The third-order valence-electron chi connectivity index (χ3n) is 3.24. The zero-order valence-electron chi connectivity index (χ0n) is 9.16. The van der Waals surface area contributed by atoms with E-state index < -0.39 is 0 Å². The molecule has 0 aromatic carbocycles. The van der Waals surface area contributed by atoms with Gasteiger partial charge < -0.3 is 10.6 Å². The van der Waals surface area contributed by atoms with E-state index >= 15 is 0 Å². The maximum atomic E-state index is 5.67. The van der Waals surface area contributed by atoms with E-state index in [2.05, 4.69) is 30.7 Å². The van der Waals surface area contributed by atoms with Crippen LogP contribution in [0.2, 0.25) is 0 Å². The Labute approximate surface area is 81.9 Å². The number of nitrogens with zero attached hydrogens (tertiary/aromatic N) is 2. The molecule has 2 atom stereocenters. The van der Waals surface area contributed by atoms with E-state index in [1.54, 1.807) is 0 Å². The molecule has 1 aliphatic heterocycles. The molecule has 0 bridgehead atoms. The molecule has 2 N–H and O–H groups in total. The molecule has 1 heterocycles. The number of likely N-dealkylation sites (N-methyl/N-ethyl adjacent to an activating group) is 1. The second-order valence-corrected chi connectivity index (χ2v) is 4.12. The van der Waals surface area contributed by atoms with Crippen LogP contribution in [-0.4, -0.2) is 55.1 Å². The van der Waals surface area contributed by atoms with Gasteiger partial charge in [-0.1, -0.05) is 6.92 Å². The molecule has 3 heteroatoms. The van der Waals surface area contributed by atoms with Gasteiger partial charge >= 0.3 is 0 Å². The van der Waals surface area contributed by atoms with Gasteiger partial charge in [0.1, 0.15) is 0 Å². The maximum Gasteiger partial charge on any atom is 0.0218 e. The van der Waals surface area contributed by atoms with E-state index in [1.807, 2.05) is 0 Å². The Morgan fingerprint density at radius 2 is 2.15 bits per heavy atom. The summed E-state index contributed by atoms with van der Waals surface area (Å²) in [7, 11) is 2.22. The average Bonchev–Trinajstić information content (AvgIpc) is 2.17. The van der Waals surface area contributed by atoms with E-state index in [0.717, 1.165) is 12.6 Å². The summed E-state index contributed by atoms with van der Waals surface area (Å²) in [6.07, 6.45) is 1.24. The number of nitrogens with two attached hydrogens (primary N) is 1. The van der Waals surface area contributed by atoms with Gasteiger partial charge in [-0.15, -0.1) is 0 Å². The van der Waals surface area contributed by atoms with Gasteiger partial charge in [0.25, 0.3) is 0 Å². The minimum Gasteiger partial charge on any atom is -0.329 e. The highest BCUT2D eigenvalue weighted by molar-refractivity contribution is 4.82. The van der Waals surface area contributed by atoms with Crippen LogP contribution in [0.5, 0.6) is 0 Å². The van der Waals surface area contributed by atoms with E-state index in [9.17, 15) is 0 Å². The average molecular weight is 185 g/mol. The first kappa shape index (κ1) is 11.0. The Hall–Kier alpha value is -0.120. The lowest BCUT2D eigenvalue weighted by atomic mass is 10.1. The molecular weight excluding hydrogens is 162 g/mol. The van der Waals surface area contributed by atoms with Gasteiger partial charge in [-0.3, -0.25) is 4.90 Å². The van der Waals surface area contributed by atoms with Gasteiger partial charge in [0, 0.05) is 38.3 Å². The second kappa shape index (κ2) is 4.94. The SMILES string of the molecule is CCC1CN(C(C)CN)CCN1C. The topological polar surface area (TPSA) is 32.5 Å². The van der Waals surface area contributed by atoms with Crippen LogP contribution in [0.25, 0.3) is 0 Å². The predicted molar refractivity (Wildman–Crippen MR) is 56.8 cm³/mol. The van der Waals surface area contributed by atoms with Crippen LogP contribution in [0.15, 0.2) is 0 Å². The fourth-order valence-electron chi connectivity index (χ4n) is 1.96. The van der Waals surface area contributed by atoms with Crippen LogP contribution in [0.3, 0.4) is 0 Å². The first-order chi connectivity index (χ1) is 6.19. The standard InChI is InChI=1S/C10H23N3/c1-4-10-8-13(9(2)7-11)6-5-12(10)3/h9-10H,4-8,11H2,1-3H3. The molecule has 2 unspecified atom stereocenters. The summed E-state index contributed by atoms with van der Waals surface area (Å²) < 4.78 is 0. The quantitative estimate of drug-likeness (QED) is 0.689. The highest BCUT2D eigenvalue weighted by Crippen LogP contribution is 2.12. The molecule has 78 valence electrons. The van der Waals surface area contributed by atoms with Crippen molar-refractivity contribution in [3.63, 3.8) is 0 Å². The van der Waals surface area contributed by atoms with Crippen molar-refractivity contribution in [1.29, 1.82) is 0 Å². The van der Waals surface area contributed by atoms with Crippen LogP contribution in [0.4, 0.5) is 0 Å². The molecule has 1 rings (SSSR count). The van der Waals surface area contributed by atoms with Crippen molar-refractivity contribution in [1.82, 2.24) is 9.80 Å². The molecule has 0 aromatic rings. The van der Waals surface area contributed by atoms with E-state index in [4.69, 9.17) is 5.73 Å². The molecular formula is C10H23N3. The predicted octanol–water partition coefficient (Wildman–Crippen LogP) is 0.360. The number of hydrogen-bond acceptors (Lipinski definition) is 3. The van der Waals surface area contributed by atoms with Crippen LogP contribution in [0.1, 0.15) is 20.3 Å². The smallest absolute Gasteiger partial charge is 0.0218 e. The van der Waals surface area contributed by atoms with Gasteiger partial charge in [-0.05, 0) is 20.4 Å². The summed E-state index contributed by atoms with van der Waals surface area (Å²) in [6, 6.07) is 1.27. The largest absolute Gasteiger partial charge is 0.329 e. The van der Waals surface area contributed by atoms with Crippen LogP contribution in [-0.2, 0) is 0 Å². The van der Waals surface area contributed by atoms with Gasteiger partial charge in [-0.2, -0.15) is 0 Å². The molecule has 1 aliphatic rings. The summed E-state index contributed by atoms with van der Waals surface area (Å²) >= 11 is 0. The van der Waals surface area contributed by atoms with Crippen molar-refractivity contribution in [2.45, 2.75) is 32.4 Å². The Bertz CT molecular complexity index is 149. The first-order valence-corrected chi connectivity index (χ1v) is 5.33.